The summed E-state index contributed by atoms with van der Waals surface area (Å²) in [4.78, 5) is 0. The molecule has 1 unspecified atom stereocenters. The molecule has 0 bridgehead atoms. The van der Waals surface area contributed by atoms with Crippen LogP contribution in [0.3, 0.4) is 0 Å². The van der Waals surface area contributed by atoms with E-state index in [0.29, 0.717) is 6.04 Å². The minimum Gasteiger partial charge on any atom is -0.315 e. The Hall–Kier alpha value is -1.32. The van der Waals surface area contributed by atoms with Crippen LogP contribution in [-0.2, 0) is 11.8 Å². The van der Waals surface area contributed by atoms with E-state index in [4.69, 9.17) is 16.7 Å². The Morgan fingerprint density at radius 1 is 1.33 bits per heavy atom. The maximum absolute atomic E-state index is 6.41. The van der Waals surface area contributed by atoms with Crippen molar-refractivity contribution in [2.75, 3.05) is 13.1 Å². The first kappa shape index (κ1) is 14.6. The number of aromatic nitrogens is 2. The first-order valence-electron chi connectivity index (χ1n) is 7.64. The average Bonchev–Trinajstić information content (AvgIpc) is 2.91. The molecule has 1 aliphatic rings. The molecule has 1 saturated heterocycles. The van der Waals surface area contributed by atoms with Crippen molar-refractivity contribution in [1.82, 2.24) is 15.1 Å². The van der Waals surface area contributed by atoms with Crippen LogP contribution in [0.25, 0.3) is 0 Å². The highest BCUT2D eigenvalue weighted by molar-refractivity contribution is 6.31. The summed E-state index contributed by atoms with van der Waals surface area (Å²) in [5.74, 6) is 0. The summed E-state index contributed by atoms with van der Waals surface area (Å²) in [7, 11) is 0. The molecule has 0 saturated carbocycles. The summed E-state index contributed by atoms with van der Waals surface area (Å²) in [5.41, 5.74) is 2.48. The average molecular weight is 304 g/mol. The van der Waals surface area contributed by atoms with Crippen LogP contribution in [-0.4, -0.2) is 22.9 Å². The normalized spacial score (nSPS) is 18.2. The van der Waals surface area contributed by atoms with E-state index in [0.717, 1.165) is 36.6 Å². The summed E-state index contributed by atoms with van der Waals surface area (Å²) < 4.78 is 2.07. The predicted molar refractivity (Wildman–Crippen MR) is 86.9 cm³/mol. The fraction of sp³-hybridized carbons (Fsp3) is 0.471. The molecule has 1 atom stereocenters. The molecule has 4 heteroatoms. The van der Waals surface area contributed by atoms with Crippen LogP contribution in [0.5, 0.6) is 0 Å². The van der Waals surface area contributed by atoms with Crippen LogP contribution >= 0.6 is 11.6 Å². The standard InChI is InChI=1S/C17H22ClN3/c1-3-13(2)21-9-8-14(20-21)10-17(11-19-12-17)15-6-4-5-7-16(15)18/h4-9,13,19H,3,10-12H2,1-2H3. The Bertz CT molecular complexity index is 616. The van der Waals surface area contributed by atoms with Crippen molar-refractivity contribution in [2.45, 2.75) is 38.1 Å². The molecule has 1 aromatic heterocycles. The molecule has 1 aliphatic heterocycles. The highest BCUT2D eigenvalue weighted by atomic mass is 35.5. The molecule has 3 rings (SSSR count). The minimum atomic E-state index is 0.0903. The van der Waals surface area contributed by atoms with Crippen LogP contribution < -0.4 is 5.32 Å². The van der Waals surface area contributed by atoms with Crippen LogP contribution in [0, 0.1) is 0 Å². The molecular weight excluding hydrogens is 282 g/mol. The summed E-state index contributed by atoms with van der Waals surface area (Å²) in [6.45, 7) is 6.32. The van der Waals surface area contributed by atoms with Gasteiger partial charge < -0.3 is 5.32 Å². The van der Waals surface area contributed by atoms with Crippen molar-refractivity contribution < 1.29 is 0 Å². The van der Waals surface area contributed by atoms with Crippen molar-refractivity contribution in [3.63, 3.8) is 0 Å². The van der Waals surface area contributed by atoms with Gasteiger partial charge in [-0.1, -0.05) is 36.7 Å². The molecule has 0 amide bonds. The van der Waals surface area contributed by atoms with E-state index >= 15 is 0 Å². The summed E-state index contributed by atoms with van der Waals surface area (Å²) >= 11 is 6.41. The molecule has 0 radical (unpaired) electrons. The molecule has 112 valence electrons. The Morgan fingerprint density at radius 2 is 2.10 bits per heavy atom. The lowest BCUT2D eigenvalue weighted by atomic mass is 9.72. The molecule has 21 heavy (non-hydrogen) atoms. The van der Waals surface area contributed by atoms with Gasteiger partial charge in [0.05, 0.1) is 5.69 Å². The molecule has 2 aromatic rings. The Kier molecular flexibility index (Phi) is 4.05. The molecule has 0 aliphatic carbocycles. The van der Waals surface area contributed by atoms with E-state index in [1.807, 2.05) is 12.1 Å². The monoisotopic (exact) mass is 303 g/mol. The van der Waals surface area contributed by atoms with Gasteiger partial charge in [-0.05, 0) is 31.0 Å². The van der Waals surface area contributed by atoms with Crippen molar-refractivity contribution in [3.05, 3.63) is 52.8 Å². The number of nitrogens with zero attached hydrogens (tertiary/aromatic N) is 2. The van der Waals surface area contributed by atoms with E-state index < -0.39 is 0 Å². The Balaban J connectivity index is 1.85. The third-order valence-electron chi connectivity index (χ3n) is 4.60. The lowest BCUT2D eigenvalue weighted by molar-refractivity contribution is 0.271. The van der Waals surface area contributed by atoms with Gasteiger partial charge in [0, 0.05) is 42.2 Å². The highest BCUT2D eigenvalue weighted by Gasteiger charge is 2.40. The number of hydrogen-bond donors (Lipinski definition) is 1. The van der Waals surface area contributed by atoms with Gasteiger partial charge in [0.25, 0.3) is 0 Å². The zero-order valence-corrected chi connectivity index (χ0v) is 13.4. The second-order valence-electron chi connectivity index (χ2n) is 6.08. The van der Waals surface area contributed by atoms with Crippen LogP contribution in [0.1, 0.15) is 37.6 Å². The molecule has 2 heterocycles. The first-order chi connectivity index (χ1) is 10.1. The van der Waals surface area contributed by atoms with Crippen molar-refractivity contribution in [3.8, 4) is 0 Å². The van der Waals surface area contributed by atoms with Crippen LogP contribution in [0.4, 0.5) is 0 Å². The second-order valence-corrected chi connectivity index (χ2v) is 6.49. The van der Waals surface area contributed by atoms with Crippen molar-refractivity contribution >= 4 is 11.6 Å². The quantitative estimate of drug-likeness (QED) is 0.915. The van der Waals surface area contributed by atoms with Crippen LogP contribution in [0.15, 0.2) is 36.5 Å². The topological polar surface area (TPSA) is 29.9 Å². The second kappa shape index (κ2) is 5.82. The Morgan fingerprint density at radius 3 is 2.71 bits per heavy atom. The van der Waals surface area contributed by atoms with E-state index in [2.05, 4.69) is 48.2 Å². The summed E-state index contributed by atoms with van der Waals surface area (Å²) in [6, 6.07) is 10.8. The molecular formula is C17H22ClN3. The van der Waals surface area contributed by atoms with Gasteiger partial charge in [0.15, 0.2) is 0 Å². The number of halogens is 1. The first-order valence-corrected chi connectivity index (χ1v) is 8.02. The lowest BCUT2D eigenvalue weighted by Gasteiger charge is -2.43. The van der Waals surface area contributed by atoms with E-state index in [1.165, 1.54) is 5.56 Å². The van der Waals surface area contributed by atoms with Gasteiger partial charge in [0.1, 0.15) is 0 Å². The van der Waals surface area contributed by atoms with E-state index in [-0.39, 0.29) is 5.41 Å². The molecule has 1 aromatic carbocycles. The highest BCUT2D eigenvalue weighted by Crippen LogP contribution is 2.36. The number of benzene rings is 1. The van der Waals surface area contributed by atoms with E-state index in [9.17, 15) is 0 Å². The Labute approximate surface area is 131 Å². The molecule has 1 fully saturated rings. The lowest BCUT2D eigenvalue weighted by Crippen LogP contribution is -2.58. The molecule has 3 nitrogen and oxygen atoms in total. The number of hydrogen-bond acceptors (Lipinski definition) is 2. The van der Waals surface area contributed by atoms with Gasteiger partial charge in [-0.3, -0.25) is 4.68 Å². The minimum absolute atomic E-state index is 0.0903. The van der Waals surface area contributed by atoms with Crippen molar-refractivity contribution in [1.29, 1.82) is 0 Å². The third-order valence-corrected chi connectivity index (χ3v) is 4.93. The van der Waals surface area contributed by atoms with Gasteiger partial charge >= 0.3 is 0 Å². The van der Waals surface area contributed by atoms with Crippen LogP contribution in [0.2, 0.25) is 5.02 Å². The van der Waals surface area contributed by atoms with Gasteiger partial charge in [0.2, 0.25) is 0 Å². The molecule has 1 N–H and O–H groups in total. The number of rotatable bonds is 5. The third kappa shape index (κ3) is 2.72. The van der Waals surface area contributed by atoms with Gasteiger partial charge in [-0.25, -0.2) is 0 Å². The maximum atomic E-state index is 6.41. The van der Waals surface area contributed by atoms with E-state index in [1.54, 1.807) is 0 Å². The zero-order valence-electron chi connectivity index (χ0n) is 12.6. The summed E-state index contributed by atoms with van der Waals surface area (Å²) in [5, 5.41) is 9.01. The maximum Gasteiger partial charge on any atom is 0.0634 e. The predicted octanol–water partition coefficient (Wildman–Crippen LogP) is 3.59. The fourth-order valence-electron chi connectivity index (χ4n) is 2.98. The fourth-order valence-corrected chi connectivity index (χ4v) is 3.32. The van der Waals surface area contributed by atoms with Gasteiger partial charge in [-0.15, -0.1) is 0 Å². The summed E-state index contributed by atoms with van der Waals surface area (Å²) in [6.07, 6.45) is 4.13. The SMILES string of the molecule is CCC(C)n1ccc(CC2(c3ccccc3Cl)CNC2)n1. The van der Waals surface area contributed by atoms with Gasteiger partial charge in [-0.2, -0.15) is 5.10 Å². The largest absolute Gasteiger partial charge is 0.315 e. The smallest absolute Gasteiger partial charge is 0.0634 e. The van der Waals surface area contributed by atoms with Crippen molar-refractivity contribution in [2.24, 2.45) is 0 Å². The number of nitrogens with one attached hydrogen (secondary N) is 1. The molecule has 0 spiro atoms. The zero-order chi connectivity index (χ0) is 14.9.